The molecule has 1 aliphatic carbocycles. The minimum atomic E-state index is -0.302. The van der Waals surface area contributed by atoms with Crippen molar-refractivity contribution in [3.05, 3.63) is 101 Å². The Labute approximate surface area is 156 Å². The molecule has 1 heterocycles. The fourth-order valence-corrected chi connectivity index (χ4v) is 3.79. The van der Waals surface area contributed by atoms with E-state index in [4.69, 9.17) is 5.26 Å². The molecule has 0 saturated heterocycles. The first-order valence-electron chi connectivity index (χ1n) is 8.77. The number of fused-ring (bicyclic) bond motifs is 3. The van der Waals surface area contributed by atoms with Crippen LogP contribution in [0.4, 0.5) is 11.4 Å². The van der Waals surface area contributed by atoms with Gasteiger partial charge in [-0.2, -0.15) is 5.26 Å². The number of Topliss-reactive ketones (excluding diaryl/α,β-unsaturated/α-hetero) is 1. The van der Waals surface area contributed by atoms with Crippen LogP contribution in [0, 0.1) is 11.3 Å². The largest absolute Gasteiger partial charge is 0.372 e. The highest BCUT2D eigenvalue weighted by molar-refractivity contribution is 6.23. The van der Waals surface area contributed by atoms with Gasteiger partial charge in [0.2, 0.25) is 0 Å². The van der Waals surface area contributed by atoms with Crippen molar-refractivity contribution < 1.29 is 4.79 Å². The number of carbonyl (C=O) groups excluding carboxylic acids is 1. The van der Waals surface area contributed by atoms with Crippen molar-refractivity contribution >= 4 is 22.9 Å². The predicted octanol–water partition coefficient (Wildman–Crippen LogP) is 4.74. The van der Waals surface area contributed by atoms with E-state index in [0.717, 1.165) is 33.8 Å². The molecular formula is C23H15N3O. The number of carbonyl (C=O) groups is 1. The summed E-state index contributed by atoms with van der Waals surface area (Å²) in [6.45, 7) is 0. The van der Waals surface area contributed by atoms with Gasteiger partial charge in [0.05, 0.1) is 40.3 Å². The molecule has 4 nitrogen and oxygen atoms in total. The minimum Gasteiger partial charge on any atom is -0.372 e. The Morgan fingerprint density at radius 1 is 0.815 bits per heavy atom. The molecule has 0 radical (unpaired) electrons. The maximum atomic E-state index is 13.3. The Morgan fingerprint density at radius 2 is 1.48 bits per heavy atom. The van der Waals surface area contributed by atoms with Gasteiger partial charge in [-0.15, -0.1) is 0 Å². The number of hydrogen-bond donors (Lipinski definition) is 2. The smallest absolute Gasteiger partial charge is 0.194 e. The lowest BCUT2D eigenvalue weighted by Gasteiger charge is -2.20. The van der Waals surface area contributed by atoms with Crippen molar-refractivity contribution in [1.29, 1.82) is 5.26 Å². The molecule has 1 atom stereocenters. The number of nitrogens with zero attached hydrogens (tertiary/aromatic N) is 1. The average Bonchev–Trinajstić information content (AvgIpc) is 2.88. The van der Waals surface area contributed by atoms with Gasteiger partial charge in [-0.05, 0) is 29.8 Å². The zero-order valence-electron chi connectivity index (χ0n) is 14.4. The summed E-state index contributed by atoms with van der Waals surface area (Å²) in [7, 11) is 0. The molecule has 0 bridgehead atoms. The molecular weight excluding hydrogens is 334 g/mol. The molecule has 1 aliphatic heterocycles. The molecule has 5 rings (SSSR count). The van der Waals surface area contributed by atoms with E-state index in [1.807, 2.05) is 60.7 Å². The molecule has 0 saturated carbocycles. The van der Waals surface area contributed by atoms with Crippen molar-refractivity contribution in [2.45, 2.75) is 6.04 Å². The first kappa shape index (κ1) is 15.4. The summed E-state index contributed by atoms with van der Waals surface area (Å²) in [6, 6.07) is 24.9. The second kappa shape index (κ2) is 5.86. The van der Waals surface area contributed by atoms with Crippen LogP contribution in [0.2, 0.25) is 0 Å². The second-order valence-corrected chi connectivity index (χ2v) is 6.65. The van der Waals surface area contributed by atoms with Crippen LogP contribution in [-0.2, 0) is 0 Å². The Kier molecular flexibility index (Phi) is 3.34. The van der Waals surface area contributed by atoms with E-state index in [9.17, 15) is 4.79 Å². The number of benzene rings is 3. The third-order valence-electron chi connectivity index (χ3n) is 5.10. The summed E-state index contributed by atoms with van der Waals surface area (Å²) in [5.41, 5.74) is 6.61. The van der Waals surface area contributed by atoms with Gasteiger partial charge in [0.15, 0.2) is 5.78 Å². The van der Waals surface area contributed by atoms with Gasteiger partial charge in [0.1, 0.15) is 0 Å². The van der Waals surface area contributed by atoms with Crippen molar-refractivity contribution in [1.82, 2.24) is 0 Å². The highest BCUT2D eigenvalue weighted by atomic mass is 16.1. The monoisotopic (exact) mass is 349 g/mol. The first-order valence-corrected chi connectivity index (χ1v) is 8.77. The molecule has 4 heteroatoms. The fraction of sp³-hybridized carbons (Fsp3) is 0.0435. The van der Waals surface area contributed by atoms with Crippen molar-refractivity contribution in [3.8, 4) is 6.07 Å². The number of nitrogens with one attached hydrogen (secondary N) is 2. The van der Waals surface area contributed by atoms with E-state index in [2.05, 4.69) is 16.7 Å². The van der Waals surface area contributed by atoms with Crippen LogP contribution < -0.4 is 10.6 Å². The molecule has 0 fully saturated rings. The second-order valence-electron chi connectivity index (χ2n) is 6.65. The Bertz CT molecular complexity index is 1150. The standard InChI is InChI=1S/C23H15N3O/c24-13-14-9-11-15(12-10-14)21-20-22(16-5-1-2-6-17(16)23(20)27)26-19-8-4-3-7-18(19)25-21/h1-12,21,25-26H. The SMILES string of the molecule is N#Cc1ccc(C2Nc3ccccc3NC3=C2C(=O)c2ccccc23)cc1. The van der Waals surface area contributed by atoms with Gasteiger partial charge in [-0.25, -0.2) is 0 Å². The Morgan fingerprint density at radius 3 is 2.22 bits per heavy atom. The summed E-state index contributed by atoms with van der Waals surface area (Å²) in [5, 5.41) is 16.1. The zero-order chi connectivity index (χ0) is 18.4. The normalized spacial score (nSPS) is 17.0. The lowest BCUT2D eigenvalue weighted by Crippen LogP contribution is -2.17. The van der Waals surface area contributed by atoms with Crippen LogP contribution in [0.25, 0.3) is 5.70 Å². The molecule has 27 heavy (non-hydrogen) atoms. The highest BCUT2D eigenvalue weighted by Gasteiger charge is 2.37. The van der Waals surface area contributed by atoms with Gasteiger partial charge in [0.25, 0.3) is 0 Å². The summed E-state index contributed by atoms with van der Waals surface area (Å²) in [4.78, 5) is 13.3. The third kappa shape index (κ3) is 2.33. The lowest BCUT2D eigenvalue weighted by atomic mass is 9.94. The van der Waals surface area contributed by atoms with E-state index in [1.54, 1.807) is 12.1 Å². The van der Waals surface area contributed by atoms with Crippen LogP contribution in [0.3, 0.4) is 0 Å². The molecule has 128 valence electrons. The maximum Gasteiger partial charge on any atom is 0.194 e. The Balaban J connectivity index is 1.73. The molecule has 3 aromatic carbocycles. The summed E-state index contributed by atoms with van der Waals surface area (Å²) in [6.07, 6.45) is 0. The minimum absolute atomic E-state index is 0.0303. The molecule has 0 amide bonds. The van der Waals surface area contributed by atoms with Crippen molar-refractivity contribution in [2.75, 3.05) is 10.6 Å². The van der Waals surface area contributed by atoms with Gasteiger partial charge in [-0.1, -0.05) is 48.5 Å². The summed E-state index contributed by atoms with van der Waals surface area (Å²) in [5.74, 6) is 0.0303. The predicted molar refractivity (Wildman–Crippen MR) is 105 cm³/mol. The lowest BCUT2D eigenvalue weighted by molar-refractivity contribution is 0.103. The number of hydrogen-bond acceptors (Lipinski definition) is 4. The topological polar surface area (TPSA) is 64.9 Å². The molecule has 0 spiro atoms. The average molecular weight is 349 g/mol. The molecule has 2 aliphatic rings. The molecule has 0 aromatic heterocycles. The van der Waals surface area contributed by atoms with Gasteiger partial charge < -0.3 is 10.6 Å². The Hall–Kier alpha value is -3.84. The van der Waals surface area contributed by atoms with Crippen LogP contribution in [0.5, 0.6) is 0 Å². The number of anilines is 2. The van der Waals surface area contributed by atoms with Crippen LogP contribution in [0.1, 0.15) is 33.1 Å². The number of para-hydroxylation sites is 2. The van der Waals surface area contributed by atoms with E-state index in [0.29, 0.717) is 11.1 Å². The van der Waals surface area contributed by atoms with Crippen molar-refractivity contribution in [2.24, 2.45) is 0 Å². The number of ketones is 1. The number of nitriles is 1. The van der Waals surface area contributed by atoms with Gasteiger partial charge in [-0.3, -0.25) is 4.79 Å². The van der Waals surface area contributed by atoms with Crippen LogP contribution in [-0.4, -0.2) is 5.78 Å². The molecule has 2 N–H and O–H groups in total. The van der Waals surface area contributed by atoms with Gasteiger partial charge >= 0.3 is 0 Å². The van der Waals surface area contributed by atoms with E-state index in [1.165, 1.54) is 0 Å². The maximum absolute atomic E-state index is 13.3. The highest BCUT2D eigenvalue weighted by Crippen LogP contribution is 2.44. The molecule has 1 unspecified atom stereocenters. The summed E-state index contributed by atoms with van der Waals surface area (Å²) >= 11 is 0. The summed E-state index contributed by atoms with van der Waals surface area (Å²) < 4.78 is 0. The third-order valence-corrected chi connectivity index (χ3v) is 5.10. The van der Waals surface area contributed by atoms with E-state index >= 15 is 0 Å². The van der Waals surface area contributed by atoms with Gasteiger partial charge in [0, 0.05) is 11.1 Å². The number of rotatable bonds is 1. The quantitative estimate of drug-likeness (QED) is 0.666. The van der Waals surface area contributed by atoms with Crippen LogP contribution >= 0.6 is 0 Å². The first-order chi connectivity index (χ1) is 13.3. The van der Waals surface area contributed by atoms with Crippen molar-refractivity contribution in [3.63, 3.8) is 0 Å². The van der Waals surface area contributed by atoms with E-state index in [-0.39, 0.29) is 11.8 Å². The molecule has 3 aromatic rings. The zero-order valence-corrected chi connectivity index (χ0v) is 14.4. The fourth-order valence-electron chi connectivity index (χ4n) is 3.79. The van der Waals surface area contributed by atoms with Crippen LogP contribution in [0.15, 0.2) is 78.4 Å². The van der Waals surface area contributed by atoms with E-state index < -0.39 is 0 Å².